The van der Waals surface area contributed by atoms with E-state index in [4.69, 9.17) is 0 Å². The second-order valence-electron chi connectivity index (χ2n) is 4.98. The average molecular weight is 292 g/mol. The summed E-state index contributed by atoms with van der Waals surface area (Å²) in [7, 11) is 1.29. The summed E-state index contributed by atoms with van der Waals surface area (Å²) in [4.78, 5) is 34.8. The van der Waals surface area contributed by atoms with Crippen molar-refractivity contribution in [2.45, 2.75) is 26.8 Å². The van der Waals surface area contributed by atoms with Crippen LogP contribution in [0.4, 0.5) is 5.69 Å². The maximum atomic E-state index is 12.2. The molecule has 114 valence electrons. The number of amides is 2. The van der Waals surface area contributed by atoms with Gasteiger partial charge in [0.1, 0.15) is 6.04 Å². The van der Waals surface area contributed by atoms with E-state index in [2.05, 4.69) is 15.4 Å². The van der Waals surface area contributed by atoms with Gasteiger partial charge in [0.25, 0.3) is 0 Å². The molecular formula is C15H20N2O4. The molecule has 0 saturated carbocycles. The lowest BCUT2D eigenvalue weighted by Crippen LogP contribution is -2.46. The SMILES string of the molecule is COC(=O)c1cccc(NC(=O)C(NC(C)=O)C(C)C)c1. The maximum absolute atomic E-state index is 12.2. The van der Waals surface area contributed by atoms with Crippen LogP contribution >= 0.6 is 0 Å². The van der Waals surface area contributed by atoms with Gasteiger partial charge in [0, 0.05) is 12.6 Å². The molecule has 0 aliphatic rings. The molecule has 0 heterocycles. The molecule has 2 amide bonds. The topological polar surface area (TPSA) is 84.5 Å². The van der Waals surface area contributed by atoms with Gasteiger partial charge in [-0.15, -0.1) is 0 Å². The van der Waals surface area contributed by atoms with Gasteiger partial charge in [-0.05, 0) is 24.1 Å². The van der Waals surface area contributed by atoms with E-state index in [-0.39, 0.29) is 17.7 Å². The van der Waals surface area contributed by atoms with Crippen LogP contribution in [-0.2, 0) is 14.3 Å². The highest BCUT2D eigenvalue weighted by atomic mass is 16.5. The van der Waals surface area contributed by atoms with Crippen LogP contribution < -0.4 is 10.6 Å². The number of nitrogens with one attached hydrogen (secondary N) is 2. The molecule has 1 atom stereocenters. The van der Waals surface area contributed by atoms with Gasteiger partial charge in [0.2, 0.25) is 11.8 Å². The second-order valence-corrected chi connectivity index (χ2v) is 4.98. The second kappa shape index (κ2) is 7.42. The molecule has 0 aromatic heterocycles. The number of ether oxygens (including phenoxy) is 1. The summed E-state index contributed by atoms with van der Waals surface area (Å²) in [5, 5.41) is 5.29. The number of esters is 1. The Labute approximate surface area is 123 Å². The number of carbonyl (C=O) groups is 3. The summed E-state index contributed by atoms with van der Waals surface area (Å²) in [6.07, 6.45) is 0. The molecule has 1 rings (SSSR count). The molecule has 6 heteroatoms. The summed E-state index contributed by atoms with van der Waals surface area (Å²) < 4.78 is 4.63. The molecule has 21 heavy (non-hydrogen) atoms. The van der Waals surface area contributed by atoms with Gasteiger partial charge >= 0.3 is 5.97 Å². The van der Waals surface area contributed by atoms with Crippen LogP contribution in [0, 0.1) is 5.92 Å². The Kier molecular flexibility index (Phi) is 5.90. The molecule has 0 aliphatic heterocycles. The Morgan fingerprint density at radius 2 is 1.86 bits per heavy atom. The van der Waals surface area contributed by atoms with Crippen LogP contribution in [-0.4, -0.2) is 30.9 Å². The minimum atomic E-state index is -0.635. The fraction of sp³-hybridized carbons (Fsp3) is 0.400. The fourth-order valence-electron chi connectivity index (χ4n) is 1.82. The van der Waals surface area contributed by atoms with E-state index in [1.54, 1.807) is 18.2 Å². The van der Waals surface area contributed by atoms with Crippen molar-refractivity contribution in [2.24, 2.45) is 5.92 Å². The zero-order valence-corrected chi connectivity index (χ0v) is 12.6. The van der Waals surface area contributed by atoms with Crippen molar-refractivity contribution in [2.75, 3.05) is 12.4 Å². The normalized spacial score (nSPS) is 11.7. The lowest BCUT2D eigenvalue weighted by atomic mass is 10.0. The van der Waals surface area contributed by atoms with Gasteiger partial charge in [0.05, 0.1) is 12.7 Å². The summed E-state index contributed by atoms with van der Waals surface area (Å²) in [6, 6.07) is 5.79. The largest absolute Gasteiger partial charge is 0.465 e. The predicted molar refractivity (Wildman–Crippen MR) is 78.9 cm³/mol. The van der Waals surface area contributed by atoms with E-state index in [1.807, 2.05) is 13.8 Å². The van der Waals surface area contributed by atoms with Crippen molar-refractivity contribution in [1.29, 1.82) is 0 Å². The third-order valence-electron chi connectivity index (χ3n) is 2.86. The van der Waals surface area contributed by atoms with E-state index >= 15 is 0 Å². The minimum absolute atomic E-state index is 0.0577. The third-order valence-corrected chi connectivity index (χ3v) is 2.86. The van der Waals surface area contributed by atoms with E-state index < -0.39 is 12.0 Å². The van der Waals surface area contributed by atoms with Crippen LogP contribution in [0.25, 0.3) is 0 Å². The van der Waals surface area contributed by atoms with Gasteiger partial charge in [-0.3, -0.25) is 9.59 Å². The summed E-state index contributed by atoms with van der Waals surface area (Å²) in [6.45, 7) is 5.04. The highest BCUT2D eigenvalue weighted by molar-refractivity contribution is 5.98. The summed E-state index contributed by atoms with van der Waals surface area (Å²) in [5.41, 5.74) is 0.815. The molecule has 0 fully saturated rings. The van der Waals surface area contributed by atoms with Crippen LogP contribution in [0.3, 0.4) is 0 Å². The van der Waals surface area contributed by atoms with Gasteiger partial charge in [-0.1, -0.05) is 19.9 Å². The van der Waals surface area contributed by atoms with Crippen LogP contribution in [0.5, 0.6) is 0 Å². The Hall–Kier alpha value is -2.37. The van der Waals surface area contributed by atoms with E-state index in [0.717, 1.165) is 0 Å². The number of hydrogen-bond acceptors (Lipinski definition) is 4. The quantitative estimate of drug-likeness (QED) is 0.807. The number of rotatable bonds is 5. The number of carbonyl (C=O) groups excluding carboxylic acids is 3. The minimum Gasteiger partial charge on any atom is -0.465 e. The Bertz CT molecular complexity index is 540. The molecule has 0 spiro atoms. The summed E-state index contributed by atoms with van der Waals surface area (Å²) in [5.74, 6) is -1.14. The first kappa shape index (κ1) is 16.7. The Morgan fingerprint density at radius 3 is 2.38 bits per heavy atom. The third kappa shape index (κ3) is 4.91. The first-order valence-electron chi connectivity index (χ1n) is 6.61. The highest BCUT2D eigenvalue weighted by Crippen LogP contribution is 2.13. The zero-order chi connectivity index (χ0) is 16.0. The predicted octanol–water partition coefficient (Wildman–Crippen LogP) is 1.57. The number of methoxy groups -OCH3 is 1. The zero-order valence-electron chi connectivity index (χ0n) is 12.6. The average Bonchev–Trinajstić information content (AvgIpc) is 2.43. The lowest BCUT2D eigenvalue weighted by Gasteiger charge is -2.21. The number of benzene rings is 1. The monoisotopic (exact) mass is 292 g/mol. The van der Waals surface area contributed by atoms with Crippen molar-refractivity contribution in [3.8, 4) is 0 Å². The molecule has 2 N–H and O–H groups in total. The van der Waals surface area contributed by atoms with Gasteiger partial charge in [-0.2, -0.15) is 0 Å². The van der Waals surface area contributed by atoms with Crippen molar-refractivity contribution >= 4 is 23.5 Å². The molecule has 0 saturated heterocycles. The lowest BCUT2D eigenvalue weighted by molar-refractivity contribution is -0.126. The summed E-state index contributed by atoms with van der Waals surface area (Å²) >= 11 is 0. The molecule has 0 bridgehead atoms. The highest BCUT2D eigenvalue weighted by Gasteiger charge is 2.23. The molecule has 1 unspecified atom stereocenters. The smallest absolute Gasteiger partial charge is 0.337 e. The standard InChI is InChI=1S/C15H20N2O4/c1-9(2)13(16-10(3)18)14(19)17-12-7-5-6-11(8-12)15(20)21-4/h5-9,13H,1-4H3,(H,16,18)(H,17,19). The fourth-order valence-corrected chi connectivity index (χ4v) is 1.82. The van der Waals surface area contributed by atoms with Gasteiger partial charge in [0.15, 0.2) is 0 Å². The maximum Gasteiger partial charge on any atom is 0.337 e. The van der Waals surface area contributed by atoms with Gasteiger partial charge < -0.3 is 15.4 Å². The molecular weight excluding hydrogens is 272 g/mol. The van der Waals surface area contributed by atoms with Gasteiger partial charge in [-0.25, -0.2) is 4.79 Å². The molecule has 0 aliphatic carbocycles. The van der Waals surface area contributed by atoms with Crippen LogP contribution in [0.1, 0.15) is 31.1 Å². The Morgan fingerprint density at radius 1 is 1.19 bits per heavy atom. The number of anilines is 1. The van der Waals surface area contributed by atoms with E-state index in [0.29, 0.717) is 11.3 Å². The molecule has 0 radical (unpaired) electrons. The van der Waals surface area contributed by atoms with E-state index in [9.17, 15) is 14.4 Å². The van der Waals surface area contributed by atoms with Crippen LogP contribution in [0.2, 0.25) is 0 Å². The van der Waals surface area contributed by atoms with Crippen molar-refractivity contribution in [1.82, 2.24) is 5.32 Å². The molecule has 1 aromatic carbocycles. The molecule has 1 aromatic rings. The first-order valence-corrected chi connectivity index (χ1v) is 6.61. The Balaban J connectivity index is 2.86. The van der Waals surface area contributed by atoms with Crippen LogP contribution in [0.15, 0.2) is 24.3 Å². The van der Waals surface area contributed by atoms with Crippen molar-refractivity contribution in [3.05, 3.63) is 29.8 Å². The number of hydrogen-bond donors (Lipinski definition) is 2. The molecule has 6 nitrogen and oxygen atoms in total. The van der Waals surface area contributed by atoms with Crippen molar-refractivity contribution in [3.63, 3.8) is 0 Å². The first-order chi connectivity index (χ1) is 9.85. The van der Waals surface area contributed by atoms with E-state index in [1.165, 1.54) is 20.1 Å². The van der Waals surface area contributed by atoms with Crippen molar-refractivity contribution < 1.29 is 19.1 Å².